The molecule has 0 radical (unpaired) electrons. The van der Waals surface area contributed by atoms with Crippen LogP contribution < -0.4 is 5.32 Å². The number of benzene rings is 2. The summed E-state index contributed by atoms with van der Waals surface area (Å²) >= 11 is 5.98. The Kier molecular flexibility index (Phi) is 12.4. The van der Waals surface area contributed by atoms with E-state index in [0.717, 1.165) is 56.4 Å². The number of likely N-dealkylation sites (tertiary alicyclic amines) is 3. The highest BCUT2D eigenvalue weighted by Crippen LogP contribution is 2.33. The number of amides is 4. The van der Waals surface area contributed by atoms with Gasteiger partial charge >= 0.3 is 12.1 Å². The van der Waals surface area contributed by atoms with Gasteiger partial charge < -0.3 is 34.8 Å². The number of nitrogens with one attached hydrogen (secondary N) is 1. The Morgan fingerprint density at radius 3 is 2.22 bits per heavy atom. The van der Waals surface area contributed by atoms with Crippen LogP contribution in [0.3, 0.4) is 0 Å². The van der Waals surface area contributed by atoms with Crippen LogP contribution in [0.15, 0.2) is 42.5 Å². The number of carbonyl (C=O) groups excluding carboxylic acids is 3. The molecule has 2 aromatic carbocycles. The van der Waals surface area contributed by atoms with Crippen molar-refractivity contribution in [1.29, 1.82) is 0 Å². The van der Waals surface area contributed by atoms with Crippen molar-refractivity contribution in [3.63, 3.8) is 0 Å². The van der Waals surface area contributed by atoms with Crippen LogP contribution in [0, 0.1) is 11.3 Å². The normalized spacial score (nSPS) is 21.1. The Morgan fingerprint density at radius 1 is 0.939 bits per heavy atom. The summed E-state index contributed by atoms with van der Waals surface area (Å²) in [4.78, 5) is 45.1. The summed E-state index contributed by atoms with van der Waals surface area (Å²) in [6.45, 7) is 12.8. The van der Waals surface area contributed by atoms with Crippen molar-refractivity contribution >= 4 is 35.3 Å². The molecule has 0 unspecified atom stereocenters. The Bertz CT molecular complexity index is 1440. The van der Waals surface area contributed by atoms with Crippen LogP contribution in [0.1, 0.15) is 70.4 Å². The number of aromatic hydroxyl groups is 1. The molecule has 4 heterocycles. The maximum atomic E-state index is 12.9. The number of phenols is 1. The molecule has 2 aromatic rings. The van der Waals surface area contributed by atoms with Gasteiger partial charge in [0.2, 0.25) is 5.91 Å². The summed E-state index contributed by atoms with van der Waals surface area (Å²) in [6, 6.07) is 13.9. The number of methoxy groups -OCH3 is 1. The summed E-state index contributed by atoms with van der Waals surface area (Å²) in [6.07, 6.45) is 7.53. The maximum absolute atomic E-state index is 12.9. The van der Waals surface area contributed by atoms with Crippen LogP contribution in [0.5, 0.6) is 5.75 Å². The second-order valence-electron chi connectivity index (χ2n) is 14.9. The molecular weight excluding hydrogens is 642 g/mol. The van der Waals surface area contributed by atoms with Gasteiger partial charge in [0.15, 0.2) is 0 Å². The molecule has 4 aliphatic rings. The van der Waals surface area contributed by atoms with Crippen molar-refractivity contribution in [2.24, 2.45) is 11.3 Å². The highest BCUT2D eigenvalue weighted by Gasteiger charge is 2.34. The monoisotopic (exact) mass is 695 g/mol. The smallest absolute Gasteiger partial charge is 0.409 e. The topological polar surface area (TPSA) is 106 Å². The van der Waals surface area contributed by atoms with Crippen LogP contribution in [-0.2, 0) is 22.4 Å². The number of hydrogen-bond donors (Lipinski definition) is 2. The van der Waals surface area contributed by atoms with Crippen molar-refractivity contribution in [2.75, 3.05) is 58.2 Å². The van der Waals surface area contributed by atoms with Gasteiger partial charge in [-0.2, -0.15) is 0 Å². The number of halogens is 1. The van der Waals surface area contributed by atoms with E-state index in [4.69, 9.17) is 16.3 Å². The quantitative estimate of drug-likeness (QED) is 0.363. The van der Waals surface area contributed by atoms with Crippen LogP contribution in [-0.4, -0.2) is 108 Å². The van der Waals surface area contributed by atoms with E-state index in [1.54, 1.807) is 17.0 Å². The first kappa shape index (κ1) is 36.8. The predicted octanol–water partition coefficient (Wildman–Crippen LogP) is 6.64. The molecule has 268 valence electrons. The first-order chi connectivity index (χ1) is 23.4. The minimum Gasteiger partial charge on any atom is -0.506 e. The minimum atomic E-state index is -0.286. The fourth-order valence-corrected chi connectivity index (χ4v) is 7.81. The van der Waals surface area contributed by atoms with Gasteiger partial charge in [-0.05, 0) is 99.2 Å². The summed E-state index contributed by atoms with van der Waals surface area (Å²) in [5, 5.41) is 12.9. The van der Waals surface area contributed by atoms with Crippen LogP contribution in [0.2, 0.25) is 5.02 Å². The number of urea groups is 1. The average Bonchev–Trinajstić information content (AvgIpc) is 3.27. The van der Waals surface area contributed by atoms with E-state index in [-0.39, 0.29) is 35.7 Å². The van der Waals surface area contributed by atoms with Crippen molar-refractivity contribution in [2.45, 2.75) is 84.2 Å². The highest BCUT2D eigenvalue weighted by atomic mass is 35.5. The van der Waals surface area contributed by atoms with Gasteiger partial charge in [0, 0.05) is 56.4 Å². The predicted molar refractivity (Wildman–Crippen MR) is 193 cm³/mol. The number of hydrogen-bond acceptors (Lipinski definition) is 6. The first-order valence-electron chi connectivity index (χ1n) is 17.9. The molecule has 3 fully saturated rings. The van der Waals surface area contributed by atoms with Crippen LogP contribution >= 0.6 is 11.6 Å². The zero-order valence-corrected chi connectivity index (χ0v) is 30.4. The molecule has 0 aliphatic carbocycles. The molecule has 0 bridgehead atoms. The standard InChI is InChI=1S/C22H33ClN2O2.C16H21N3O3/c1-16(14-17-4-5-20(26)19(23)15-17)21(27)25-10-6-18(7-11-25)24-12-8-22(2,3)9-13-24;1-22-16(21)18-9-7-13(8-10-18)19-11-6-12-4-2-3-5-14(12)17-15(19)20/h4-5,15-16,18,26H,6-14H2,1-3H3;2-5,13H,6-11H2,1H3,(H,17,20)/t16-;/m1./s1. The van der Waals surface area contributed by atoms with Crippen molar-refractivity contribution in [1.82, 2.24) is 19.6 Å². The highest BCUT2D eigenvalue weighted by molar-refractivity contribution is 6.32. The van der Waals surface area contributed by atoms with Crippen molar-refractivity contribution in [3.8, 4) is 5.75 Å². The van der Waals surface area contributed by atoms with Gasteiger partial charge in [-0.1, -0.05) is 56.6 Å². The minimum absolute atomic E-state index is 0.0403. The zero-order chi connectivity index (χ0) is 35.1. The zero-order valence-electron chi connectivity index (χ0n) is 29.6. The Hall–Kier alpha value is -3.50. The lowest BCUT2D eigenvalue weighted by Crippen LogP contribution is -2.50. The molecule has 1 atom stereocenters. The SMILES string of the molecule is COC(=O)N1CCC(N2CCc3ccccc3NC2=O)CC1.C[C@H](Cc1ccc(O)c(Cl)c1)C(=O)N1CCC(N2CCC(C)(C)CC2)CC1. The van der Waals surface area contributed by atoms with Gasteiger partial charge in [0.1, 0.15) is 5.75 Å². The lowest BCUT2D eigenvalue weighted by Gasteiger charge is -2.44. The number of anilines is 1. The Balaban J connectivity index is 0.000000195. The molecular formula is C38H54ClN5O5. The fourth-order valence-electron chi connectivity index (χ4n) is 7.60. The molecule has 10 nitrogen and oxygen atoms in total. The van der Waals surface area contributed by atoms with E-state index in [2.05, 4.69) is 30.1 Å². The Labute approximate surface area is 296 Å². The first-order valence-corrected chi connectivity index (χ1v) is 18.3. The van der Waals surface area contributed by atoms with E-state index in [9.17, 15) is 19.5 Å². The van der Waals surface area contributed by atoms with Crippen LogP contribution in [0.4, 0.5) is 15.3 Å². The third kappa shape index (κ3) is 9.60. The van der Waals surface area contributed by atoms with E-state index in [0.29, 0.717) is 42.5 Å². The summed E-state index contributed by atoms with van der Waals surface area (Å²) in [5.41, 5.74) is 3.55. The molecule has 0 aromatic heterocycles. The van der Waals surface area contributed by atoms with Gasteiger partial charge in [-0.15, -0.1) is 0 Å². The third-order valence-electron chi connectivity index (χ3n) is 10.9. The molecule has 2 N–H and O–H groups in total. The summed E-state index contributed by atoms with van der Waals surface area (Å²) in [5.74, 6) is 0.248. The lowest BCUT2D eigenvalue weighted by atomic mass is 9.82. The summed E-state index contributed by atoms with van der Waals surface area (Å²) < 4.78 is 4.75. The molecule has 4 amide bonds. The van der Waals surface area contributed by atoms with E-state index < -0.39 is 0 Å². The number of fused-ring (bicyclic) bond motifs is 1. The van der Waals surface area contributed by atoms with Crippen molar-refractivity contribution in [3.05, 3.63) is 58.6 Å². The number of carbonyl (C=O) groups is 3. The second-order valence-corrected chi connectivity index (χ2v) is 15.3. The van der Waals surface area contributed by atoms with Gasteiger partial charge in [0.05, 0.1) is 12.1 Å². The van der Waals surface area contributed by atoms with Gasteiger partial charge in [0.25, 0.3) is 0 Å². The molecule has 0 spiro atoms. The average molecular weight is 696 g/mol. The molecule has 4 aliphatic heterocycles. The number of piperidine rings is 3. The van der Waals surface area contributed by atoms with E-state index >= 15 is 0 Å². The second kappa shape index (κ2) is 16.5. The number of nitrogens with zero attached hydrogens (tertiary/aromatic N) is 4. The van der Waals surface area contributed by atoms with Crippen molar-refractivity contribution < 1.29 is 24.2 Å². The molecule has 3 saturated heterocycles. The Morgan fingerprint density at radius 2 is 1.57 bits per heavy atom. The number of phenolic OH excluding ortho intramolecular Hbond substituents is 1. The summed E-state index contributed by atoms with van der Waals surface area (Å²) in [7, 11) is 1.40. The number of rotatable bonds is 5. The molecule has 49 heavy (non-hydrogen) atoms. The fraction of sp³-hybridized carbons (Fsp3) is 0.605. The van der Waals surface area contributed by atoms with Crippen LogP contribution in [0.25, 0.3) is 0 Å². The third-order valence-corrected chi connectivity index (χ3v) is 11.2. The molecule has 6 rings (SSSR count). The number of para-hydroxylation sites is 1. The molecule has 0 saturated carbocycles. The largest absolute Gasteiger partial charge is 0.506 e. The molecule has 11 heteroatoms. The number of ether oxygens (including phenoxy) is 1. The lowest BCUT2D eigenvalue weighted by molar-refractivity contribution is -0.136. The van der Waals surface area contributed by atoms with Gasteiger partial charge in [-0.25, -0.2) is 9.59 Å². The maximum Gasteiger partial charge on any atom is 0.409 e. The van der Waals surface area contributed by atoms with Gasteiger partial charge in [-0.3, -0.25) is 4.79 Å². The van der Waals surface area contributed by atoms with E-state index in [1.807, 2.05) is 41.0 Å². The van der Waals surface area contributed by atoms with E-state index in [1.165, 1.54) is 38.6 Å².